The molecule has 12 aromatic carbocycles. The molecule has 2 nitrogen and oxygen atoms in total. The Kier molecular flexibility index (Phi) is 10.3. The molecule has 0 saturated carbocycles. The highest BCUT2D eigenvalue weighted by atomic mass is 28.3. The summed E-state index contributed by atoms with van der Waals surface area (Å²) in [5.41, 5.74) is 12.2. The van der Waals surface area contributed by atoms with Crippen molar-refractivity contribution in [2.24, 2.45) is 0 Å². The molecule has 3 heterocycles. The average molecular weight is 999 g/mol. The van der Waals surface area contributed by atoms with Crippen LogP contribution in [0.5, 0.6) is 0 Å². The van der Waals surface area contributed by atoms with E-state index in [-0.39, 0.29) is 0 Å². The summed E-state index contributed by atoms with van der Waals surface area (Å²) in [6, 6.07) is 114. The van der Waals surface area contributed by atoms with E-state index in [4.69, 9.17) is 0 Å². The quantitative estimate of drug-likeness (QED) is 0.101. The normalized spacial score (nSPS) is 12.8. The summed E-state index contributed by atoms with van der Waals surface area (Å²) in [6.07, 6.45) is 0. The molecule has 0 aliphatic carbocycles. The van der Waals surface area contributed by atoms with Crippen molar-refractivity contribution in [1.29, 1.82) is 0 Å². The lowest BCUT2D eigenvalue weighted by Crippen LogP contribution is -2.74. The largest absolute Gasteiger partial charge is 0.309 e. The van der Waals surface area contributed by atoms with Gasteiger partial charge in [0.25, 0.3) is 0 Å². The van der Waals surface area contributed by atoms with Crippen molar-refractivity contribution in [1.82, 2.24) is 9.13 Å². The van der Waals surface area contributed by atoms with E-state index in [1.807, 2.05) is 0 Å². The molecule has 76 heavy (non-hydrogen) atoms. The molecular weight excluding hydrogens is 949 g/mol. The molecule has 0 unspecified atom stereocenters. The summed E-state index contributed by atoms with van der Waals surface area (Å²) in [4.78, 5) is 0. The Morgan fingerprint density at radius 3 is 1.36 bits per heavy atom. The molecule has 0 bridgehead atoms. The SMILES string of the molecule is c1ccc([Si](c2ccccc2)(c2ccccc2)c2cccc(-n3c4ccccc4c4c(-n5c6ccccc6c6c(-c7ccc8c(c7)[Si](c7ccccc7)(c7ccccc7)c7ccccc7-8)cccc65)cccc43)c2)cc1. The van der Waals surface area contributed by atoms with E-state index < -0.39 is 16.1 Å². The number of rotatable bonds is 9. The van der Waals surface area contributed by atoms with Crippen molar-refractivity contribution in [2.75, 3.05) is 0 Å². The molecule has 356 valence electrons. The smallest absolute Gasteiger partial charge is 0.180 e. The molecule has 0 fully saturated rings. The molecule has 4 heteroatoms. The third-order valence-corrected chi connectivity index (χ3v) is 26.2. The molecule has 2 aromatic heterocycles. The summed E-state index contributed by atoms with van der Waals surface area (Å²) < 4.78 is 5.05. The van der Waals surface area contributed by atoms with Gasteiger partial charge in [-0.15, -0.1) is 0 Å². The minimum absolute atomic E-state index is 1.15. The van der Waals surface area contributed by atoms with Crippen LogP contribution in [0.2, 0.25) is 0 Å². The van der Waals surface area contributed by atoms with Crippen molar-refractivity contribution in [3.63, 3.8) is 0 Å². The van der Waals surface area contributed by atoms with E-state index >= 15 is 0 Å². The Bertz CT molecular complexity index is 4370. The van der Waals surface area contributed by atoms with Crippen LogP contribution in [0.4, 0.5) is 0 Å². The van der Waals surface area contributed by atoms with Gasteiger partial charge >= 0.3 is 0 Å². The van der Waals surface area contributed by atoms with Gasteiger partial charge in [-0.2, -0.15) is 0 Å². The van der Waals surface area contributed by atoms with E-state index in [1.54, 1.807) is 0 Å². The van der Waals surface area contributed by atoms with Crippen LogP contribution in [0.3, 0.4) is 0 Å². The average Bonchev–Trinajstić information content (AvgIpc) is 4.21. The second-order valence-electron chi connectivity index (χ2n) is 20.3. The highest BCUT2D eigenvalue weighted by molar-refractivity contribution is 7.22. The van der Waals surface area contributed by atoms with E-state index in [0.29, 0.717) is 0 Å². The van der Waals surface area contributed by atoms with E-state index in [1.165, 1.54) is 107 Å². The van der Waals surface area contributed by atoms with Gasteiger partial charge in [-0.25, -0.2) is 0 Å². The van der Waals surface area contributed by atoms with Crippen molar-refractivity contribution in [3.8, 4) is 33.6 Å². The maximum absolute atomic E-state index is 2.81. The number of hydrogen-bond acceptors (Lipinski definition) is 0. The van der Waals surface area contributed by atoms with E-state index in [9.17, 15) is 0 Å². The van der Waals surface area contributed by atoms with Crippen LogP contribution in [0.15, 0.2) is 303 Å². The highest BCUT2D eigenvalue weighted by Gasteiger charge is 2.49. The Morgan fingerprint density at radius 2 is 0.724 bits per heavy atom. The molecule has 15 rings (SSSR count). The lowest BCUT2D eigenvalue weighted by molar-refractivity contribution is 1.17. The highest BCUT2D eigenvalue weighted by Crippen LogP contribution is 2.43. The van der Waals surface area contributed by atoms with Crippen molar-refractivity contribution in [2.45, 2.75) is 0 Å². The second-order valence-corrected chi connectivity index (χ2v) is 27.8. The minimum atomic E-state index is -2.81. The standard InChI is InChI=1S/C72H50N2Si2/c1-6-26-53(27-7-1)75(54-28-8-2-9-29-54,55-30-10-3-11-31-55)58-36-22-25-52(50-58)73-64-41-19-17-39-63(64)72-67(73)44-24-45-68(72)74-65-42-20-16-38-62(65)71-59(40-23-43-66(71)74)51-47-48-61-60-37-18-21-46-69(60)76(70(61)49-51,56-32-12-4-13-33-56)57-34-14-5-15-35-57/h1-50H. The first-order chi connectivity index (χ1) is 37.7. The van der Waals surface area contributed by atoms with Gasteiger partial charge in [-0.05, 0) is 106 Å². The van der Waals surface area contributed by atoms with Crippen LogP contribution in [0.25, 0.3) is 77.2 Å². The first-order valence-electron chi connectivity index (χ1n) is 26.4. The monoisotopic (exact) mass is 998 g/mol. The number of fused-ring (bicyclic) bond motifs is 9. The Balaban J connectivity index is 0.954. The molecular formula is C72H50N2Si2. The molecule has 14 aromatic rings. The molecule has 0 radical (unpaired) electrons. The summed E-state index contributed by atoms with van der Waals surface area (Å²) in [7, 11) is -5.52. The number of hydrogen-bond donors (Lipinski definition) is 0. The maximum atomic E-state index is 2.57. The summed E-state index contributed by atoms with van der Waals surface area (Å²) in [5.74, 6) is 0. The lowest BCUT2D eigenvalue weighted by Gasteiger charge is -2.34. The molecule has 1 aliphatic rings. The van der Waals surface area contributed by atoms with Crippen molar-refractivity contribution in [3.05, 3.63) is 303 Å². The van der Waals surface area contributed by atoms with Crippen LogP contribution in [0, 0.1) is 0 Å². The topological polar surface area (TPSA) is 9.86 Å². The first-order valence-corrected chi connectivity index (χ1v) is 30.4. The number of nitrogens with zero attached hydrogens (tertiary/aromatic N) is 2. The van der Waals surface area contributed by atoms with E-state index in [2.05, 4.69) is 312 Å². The Morgan fingerprint density at radius 1 is 0.276 bits per heavy atom. The van der Waals surface area contributed by atoms with Crippen LogP contribution >= 0.6 is 0 Å². The van der Waals surface area contributed by atoms with Gasteiger partial charge < -0.3 is 9.13 Å². The maximum Gasteiger partial charge on any atom is 0.180 e. The zero-order chi connectivity index (χ0) is 50.2. The van der Waals surface area contributed by atoms with Gasteiger partial charge in [0, 0.05) is 27.2 Å². The van der Waals surface area contributed by atoms with Gasteiger partial charge in [0.05, 0.1) is 27.8 Å². The summed E-state index contributed by atoms with van der Waals surface area (Å²) in [6.45, 7) is 0. The first kappa shape index (κ1) is 44.2. The predicted molar refractivity (Wildman–Crippen MR) is 327 cm³/mol. The number of aromatic nitrogens is 2. The number of para-hydroxylation sites is 2. The fraction of sp³-hybridized carbons (Fsp3) is 0. The molecule has 0 N–H and O–H groups in total. The third-order valence-electron chi connectivity index (χ3n) is 16.5. The second kappa shape index (κ2) is 17.7. The van der Waals surface area contributed by atoms with Gasteiger partial charge in [0.1, 0.15) is 0 Å². The third kappa shape index (κ3) is 6.38. The fourth-order valence-corrected chi connectivity index (χ4v) is 23.5. The van der Waals surface area contributed by atoms with Crippen LogP contribution < -0.4 is 41.5 Å². The molecule has 0 saturated heterocycles. The number of benzene rings is 12. The summed E-state index contributed by atoms with van der Waals surface area (Å²) >= 11 is 0. The Hall–Kier alpha value is -9.33. The Labute approximate surface area is 444 Å². The van der Waals surface area contributed by atoms with Crippen molar-refractivity contribution < 1.29 is 0 Å². The van der Waals surface area contributed by atoms with Gasteiger partial charge in [-0.1, -0.05) is 261 Å². The van der Waals surface area contributed by atoms with Gasteiger partial charge in [-0.3, -0.25) is 0 Å². The van der Waals surface area contributed by atoms with Crippen LogP contribution in [-0.4, -0.2) is 25.3 Å². The van der Waals surface area contributed by atoms with E-state index in [0.717, 1.165) is 11.4 Å². The van der Waals surface area contributed by atoms with Gasteiger partial charge in [0.2, 0.25) is 0 Å². The van der Waals surface area contributed by atoms with Gasteiger partial charge in [0.15, 0.2) is 16.1 Å². The fourth-order valence-electron chi connectivity index (χ4n) is 13.5. The predicted octanol–water partition coefficient (Wildman–Crippen LogP) is 12.3. The molecule has 0 atom stereocenters. The molecule has 0 amide bonds. The van der Waals surface area contributed by atoms with Crippen molar-refractivity contribution >= 4 is 101 Å². The zero-order valence-electron chi connectivity index (χ0n) is 41.8. The van der Waals surface area contributed by atoms with Crippen LogP contribution in [0.1, 0.15) is 0 Å². The zero-order valence-corrected chi connectivity index (χ0v) is 43.8. The summed E-state index contributed by atoms with van der Waals surface area (Å²) in [5, 5.41) is 16.1. The molecule has 1 aliphatic heterocycles. The lowest BCUT2D eigenvalue weighted by atomic mass is 9.97. The minimum Gasteiger partial charge on any atom is -0.309 e. The molecule has 0 spiro atoms. The van der Waals surface area contributed by atoms with Crippen LogP contribution in [-0.2, 0) is 0 Å².